The van der Waals surface area contributed by atoms with Crippen molar-refractivity contribution in [1.29, 1.82) is 5.26 Å². The predicted molar refractivity (Wildman–Crippen MR) is 167 cm³/mol. The number of ether oxygens (including phenoxy) is 2. The number of nitriles is 1. The second-order valence-electron chi connectivity index (χ2n) is 12.5. The number of sulfonamides is 1. The van der Waals surface area contributed by atoms with Crippen LogP contribution < -0.4 is 9.46 Å². The number of fused-ring (bicyclic) bond motifs is 2. The van der Waals surface area contributed by atoms with E-state index in [1.54, 1.807) is 10.9 Å². The van der Waals surface area contributed by atoms with Crippen LogP contribution in [0.5, 0.6) is 5.88 Å². The first-order chi connectivity index (χ1) is 19.9. The molecule has 6 rings (SSSR count). The number of hydrogen-bond acceptors (Lipinski definition) is 8. The van der Waals surface area contributed by atoms with E-state index in [1.165, 1.54) is 11.3 Å². The highest BCUT2D eigenvalue weighted by Crippen LogP contribution is 2.52. The lowest BCUT2D eigenvalue weighted by Gasteiger charge is -2.25. The molecule has 0 spiro atoms. The molecule has 222 valence electrons. The van der Waals surface area contributed by atoms with Crippen molar-refractivity contribution in [2.75, 3.05) is 19.5 Å². The summed E-state index contributed by atoms with van der Waals surface area (Å²) in [6.07, 6.45) is 4.99. The summed E-state index contributed by atoms with van der Waals surface area (Å²) in [6, 6.07) is 9.08. The van der Waals surface area contributed by atoms with Crippen molar-refractivity contribution >= 4 is 40.5 Å². The second kappa shape index (κ2) is 10.9. The summed E-state index contributed by atoms with van der Waals surface area (Å²) in [7, 11) is -4.71. The van der Waals surface area contributed by atoms with Crippen molar-refractivity contribution in [3.8, 4) is 34.3 Å². The van der Waals surface area contributed by atoms with Crippen molar-refractivity contribution in [2.45, 2.75) is 70.7 Å². The SMILES string of the molecule is Cc1cc(-c2c(-c3c(C4CC4)nn4c3OC[C@@H](NS(C)(=O)=O)C4)n(COCC[Si](C)(C)C)c3ncccc23)c(C#N)s1. The summed E-state index contributed by atoms with van der Waals surface area (Å²) in [5, 5.41) is 16.1. The lowest BCUT2D eigenvalue weighted by atomic mass is 9.97. The molecule has 42 heavy (non-hydrogen) atoms. The molecule has 4 aromatic heterocycles. The van der Waals surface area contributed by atoms with Crippen LogP contribution in [0.15, 0.2) is 24.4 Å². The van der Waals surface area contributed by atoms with Crippen molar-refractivity contribution in [2.24, 2.45) is 0 Å². The number of nitrogens with zero attached hydrogens (tertiary/aromatic N) is 5. The number of thiophene rings is 1. The Morgan fingerprint density at radius 1 is 1.29 bits per heavy atom. The molecule has 0 radical (unpaired) electrons. The van der Waals surface area contributed by atoms with Gasteiger partial charge in [-0.1, -0.05) is 19.6 Å². The standard InChI is InChI=1S/C29H36N6O4S2Si/c1-18-13-22(23(14-30)40-18)24-21-7-6-10-31-28(21)34(17-38-11-12-42(3,4)5)27(24)25-26(19-8-9-19)32-35-15-20(16-39-29(25)35)33-41(2,36)37/h6-7,10,13,19-20,33H,8-9,11-12,15-17H2,1-5H3/t20-/m0/s1. The topological polar surface area (TPSA) is 124 Å². The molecular formula is C29H36N6O4S2Si. The quantitative estimate of drug-likeness (QED) is 0.187. The summed E-state index contributed by atoms with van der Waals surface area (Å²) in [6.45, 7) is 10.5. The van der Waals surface area contributed by atoms with Gasteiger partial charge in [-0.2, -0.15) is 10.4 Å². The van der Waals surface area contributed by atoms with Gasteiger partial charge >= 0.3 is 0 Å². The first-order valence-corrected chi connectivity index (χ1v) is 20.6. The zero-order valence-electron chi connectivity index (χ0n) is 24.6. The maximum Gasteiger partial charge on any atom is 0.221 e. The van der Waals surface area contributed by atoms with Crippen molar-refractivity contribution in [3.05, 3.63) is 39.8 Å². The van der Waals surface area contributed by atoms with E-state index in [9.17, 15) is 13.7 Å². The molecule has 0 unspecified atom stereocenters. The van der Waals surface area contributed by atoms with Crippen LogP contribution in [0.3, 0.4) is 0 Å². The van der Waals surface area contributed by atoms with Crippen LogP contribution in [0.1, 0.15) is 34.2 Å². The van der Waals surface area contributed by atoms with Gasteiger partial charge in [0.1, 0.15) is 29.9 Å². The van der Waals surface area contributed by atoms with Gasteiger partial charge in [-0.25, -0.2) is 22.8 Å². The Hall–Kier alpha value is -3.02. The Bertz CT molecular complexity index is 1810. The van der Waals surface area contributed by atoms with Crippen LogP contribution in [0.2, 0.25) is 25.7 Å². The molecule has 10 nitrogen and oxygen atoms in total. The predicted octanol–water partition coefficient (Wildman–Crippen LogP) is 5.31. The minimum atomic E-state index is -3.41. The van der Waals surface area contributed by atoms with Gasteiger partial charge in [0.15, 0.2) is 0 Å². The summed E-state index contributed by atoms with van der Waals surface area (Å²) in [5.41, 5.74) is 5.25. The number of aromatic nitrogens is 4. The molecule has 4 aromatic rings. The third-order valence-electron chi connectivity index (χ3n) is 7.59. The number of aryl methyl sites for hydroxylation is 1. The van der Waals surface area contributed by atoms with E-state index < -0.39 is 24.1 Å². The number of pyridine rings is 1. The van der Waals surface area contributed by atoms with Gasteiger partial charge in [0.2, 0.25) is 15.9 Å². The Balaban J connectivity index is 1.57. The number of hydrogen-bond donors (Lipinski definition) is 1. The molecule has 2 aliphatic rings. The lowest BCUT2D eigenvalue weighted by molar-refractivity contribution is 0.0909. The molecule has 1 N–H and O–H groups in total. The van der Waals surface area contributed by atoms with E-state index >= 15 is 0 Å². The summed E-state index contributed by atoms with van der Waals surface area (Å²) >= 11 is 1.48. The molecule has 1 fully saturated rings. The number of rotatable bonds is 10. The van der Waals surface area contributed by atoms with E-state index in [0.717, 1.165) is 69.1 Å². The van der Waals surface area contributed by atoms with E-state index in [1.807, 2.05) is 19.1 Å². The monoisotopic (exact) mass is 624 g/mol. The van der Waals surface area contributed by atoms with Gasteiger partial charge in [-0.15, -0.1) is 11.3 Å². The summed E-state index contributed by atoms with van der Waals surface area (Å²) in [4.78, 5) is 6.50. The van der Waals surface area contributed by atoms with Crippen molar-refractivity contribution in [1.82, 2.24) is 24.1 Å². The molecule has 1 saturated carbocycles. The smallest absolute Gasteiger partial charge is 0.221 e. The normalized spacial score (nSPS) is 17.3. The minimum absolute atomic E-state index is 0.192. The van der Waals surface area contributed by atoms with Gasteiger partial charge in [0.25, 0.3) is 0 Å². The van der Waals surface area contributed by atoms with Crippen LogP contribution in [-0.2, 0) is 28.0 Å². The van der Waals surface area contributed by atoms with Crippen LogP contribution in [0.4, 0.5) is 0 Å². The van der Waals surface area contributed by atoms with Gasteiger partial charge in [0, 0.05) is 48.2 Å². The van der Waals surface area contributed by atoms with E-state index in [0.29, 0.717) is 30.6 Å². The Morgan fingerprint density at radius 3 is 2.76 bits per heavy atom. The fourth-order valence-electron chi connectivity index (χ4n) is 5.57. The van der Waals surface area contributed by atoms with Gasteiger partial charge in [-0.05, 0) is 44.0 Å². The van der Waals surface area contributed by atoms with Gasteiger partial charge in [-0.3, -0.25) is 0 Å². The average molecular weight is 625 g/mol. The zero-order valence-corrected chi connectivity index (χ0v) is 27.2. The molecule has 5 heterocycles. The molecule has 13 heteroatoms. The molecule has 1 aliphatic carbocycles. The largest absolute Gasteiger partial charge is 0.476 e. The van der Waals surface area contributed by atoms with Crippen molar-refractivity contribution in [3.63, 3.8) is 0 Å². The maximum atomic E-state index is 12.0. The van der Waals surface area contributed by atoms with E-state index in [4.69, 9.17) is 19.6 Å². The summed E-state index contributed by atoms with van der Waals surface area (Å²) < 4.78 is 43.2. The lowest BCUT2D eigenvalue weighted by Crippen LogP contribution is -2.44. The Labute approximate surface area is 251 Å². The third kappa shape index (κ3) is 5.78. The highest BCUT2D eigenvalue weighted by Gasteiger charge is 2.39. The Kier molecular flexibility index (Phi) is 7.55. The zero-order chi connectivity index (χ0) is 29.8. The van der Waals surface area contributed by atoms with Crippen LogP contribution in [0.25, 0.3) is 33.4 Å². The van der Waals surface area contributed by atoms with E-state index in [-0.39, 0.29) is 12.5 Å². The van der Waals surface area contributed by atoms with Crippen LogP contribution in [-0.4, -0.2) is 61.3 Å². The second-order valence-corrected chi connectivity index (χ2v) is 21.2. The summed E-state index contributed by atoms with van der Waals surface area (Å²) in [5.74, 6) is 0.893. The van der Waals surface area contributed by atoms with Crippen molar-refractivity contribution < 1.29 is 17.9 Å². The van der Waals surface area contributed by atoms with Crippen LogP contribution >= 0.6 is 11.3 Å². The van der Waals surface area contributed by atoms with Crippen LogP contribution in [0, 0.1) is 18.3 Å². The average Bonchev–Trinajstić information content (AvgIpc) is 3.49. The fraction of sp³-hybridized carbons (Fsp3) is 0.483. The first kappa shape index (κ1) is 29.1. The van der Waals surface area contributed by atoms with Gasteiger partial charge < -0.3 is 14.0 Å². The first-order valence-electron chi connectivity index (χ1n) is 14.2. The molecule has 1 aliphatic heterocycles. The Morgan fingerprint density at radius 2 is 2.07 bits per heavy atom. The molecular weight excluding hydrogens is 589 g/mol. The molecule has 0 aromatic carbocycles. The highest BCUT2D eigenvalue weighted by molar-refractivity contribution is 7.88. The maximum absolute atomic E-state index is 12.0. The number of nitrogens with one attached hydrogen (secondary N) is 1. The molecule has 0 amide bonds. The molecule has 0 saturated heterocycles. The van der Waals surface area contributed by atoms with Gasteiger partial charge in [0.05, 0.1) is 35.8 Å². The fourth-order valence-corrected chi connectivity index (χ4v) is 7.89. The molecule has 1 atom stereocenters. The third-order valence-corrected chi connectivity index (χ3v) is 11.0. The highest BCUT2D eigenvalue weighted by atomic mass is 32.2. The minimum Gasteiger partial charge on any atom is -0.476 e. The molecule has 0 bridgehead atoms. The van der Waals surface area contributed by atoms with E-state index in [2.05, 4.69) is 41.1 Å².